The molecule has 1 aliphatic rings. The summed E-state index contributed by atoms with van der Waals surface area (Å²) in [5.74, 6) is 0.149. The van der Waals surface area contributed by atoms with Gasteiger partial charge in [-0.3, -0.25) is 4.79 Å². The molecule has 0 spiro atoms. The number of H-pyrrole nitrogens is 1. The van der Waals surface area contributed by atoms with Gasteiger partial charge in [-0.1, -0.05) is 0 Å². The number of fused-ring (bicyclic) bond motifs is 3. The Bertz CT molecular complexity index is 819. The Kier molecular flexibility index (Phi) is 3.82. The Labute approximate surface area is 133 Å². The van der Waals surface area contributed by atoms with Crippen molar-refractivity contribution in [2.75, 3.05) is 20.8 Å². The highest BCUT2D eigenvalue weighted by Gasteiger charge is 2.28. The van der Waals surface area contributed by atoms with Gasteiger partial charge < -0.3 is 19.4 Å². The van der Waals surface area contributed by atoms with Gasteiger partial charge in [-0.15, -0.1) is 0 Å². The van der Waals surface area contributed by atoms with E-state index in [4.69, 9.17) is 9.47 Å². The van der Waals surface area contributed by atoms with Crippen molar-refractivity contribution < 1.29 is 19.1 Å². The first-order valence-electron chi connectivity index (χ1n) is 7.32. The van der Waals surface area contributed by atoms with Crippen LogP contribution in [0, 0.1) is 0 Å². The molecule has 6 nitrogen and oxygen atoms in total. The molecule has 0 bridgehead atoms. The molecule has 0 fully saturated rings. The lowest BCUT2D eigenvalue weighted by Gasteiger charge is -2.28. The number of amides is 1. The van der Waals surface area contributed by atoms with Crippen LogP contribution in [-0.2, 0) is 20.7 Å². The van der Waals surface area contributed by atoms with Crippen LogP contribution in [-0.4, -0.2) is 42.5 Å². The number of aromatic nitrogens is 1. The van der Waals surface area contributed by atoms with Gasteiger partial charge in [-0.25, -0.2) is 4.79 Å². The first kappa shape index (κ1) is 15.1. The molecule has 1 aliphatic heterocycles. The van der Waals surface area contributed by atoms with E-state index in [0.29, 0.717) is 12.2 Å². The van der Waals surface area contributed by atoms with Gasteiger partial charge in [-0.05, 0) is 24.1 Å². The van der Waals surface area contributed by atoms with E-state index >= 15 is 0 Å². The Hall–Kier alpha value is -2.76. The number of nitrogens with one attached hydrogen (secondary N) is 1. The van der Waals surface area contributed by atoms with E-state index in [9.17, 15) is 9.59 Å². The smallest absolute Gasteiger partial charge is 0.332 e. The van der Waals surface area contributed by atoms with Gasteiger partial charge in [0.2, 0.25) is 5.91 Å². The van der Waals surface area contributed by atoms with Crippen LogP contribution < -0.4 is 4.74 Å². The number of ether oxygens (including phenoxy) is 2. The monoisotopic (exact) mass is 314 g/mol. The van der Waals surface area contributed by atoms with Crippen LogP contribution in [0.1, 0.15) is 18.2 Å². The minimum Gasteiger partial charge on any atom is -0.497 e. The number of nitrogens with zero attached hydrogens (tertiary/aromatic N) is 1. The molecule has 3 rings (SSSR count). The fraction of sp³-hybridized carbons (Fsp3) is 0.294. The van der Waals surface area contributed by atoms with Crippen LogP contribution in [0.3, 0.4) is 0 Å². The molecule has 0 saturated carbocycles. The summed E-state index contributed by atoms with van der Waals surface area (Å²) in [7, 11) is 2.93. The van der Waals surface area contributed by atoms with Gasteiger partial charge in [-0.2, -0.15) is 0 Å². The molecule has 1 aromatic heterocycles. The quantitative estimate of drug-likeness (QED) is 0.680. The van der Waals surface area contributed by atoms with Crippen LogP contribution in [0.5, 0.6) is 5.75 Å². The van der Waals surface area contributed by atoms with Crippen molar-refractivity contribution in [3.05, 3.63) is 35.5 Å². The predicted molar refractivity (Wildman–Crippen MR) is 85.9 cm³/mol. The number of carbonyl (C=O) groups excluding carboxylic acids is 2. The van der Waals surface area contributed by atoms with E-state index in [1.54, 1.807) is 12.0 Å². The topological polar surface area (TPSA) is 71.6 Å². The summed E-state index contributed by atoms with van der Waals surface area (Å²) in [5.41, 5.74) is 3.33. The van der Waals surface area contributed by atoms with Gasteiger partial charge in [0.25, 0.3) is 0 Å². The average Bonchev–Trinajstić information content (AvgIpc) is 2.92. The van der Waals surface area contributed by atoms with E-state index in [2.05, 4.69) is 4.98 Å². The lowest BCUT2D eigenvalue weighted by Crippen LogP contribution is -2.33. The summed E-state index contributed by atoms with van der Waals surface area (Å²) in [6.45, 7) is 2.02. The predicted octanol–water partition coefficient (Wildman–Crippen LogP) is 2.09. The number of hydrogen-bond donors (Lipinski definition) is 1. The molecule has 2 aromatic rings. The Morgan fingerprint density at radius 2 is 2.09 bits per heavy atom. The zero-order chi connectivity index (χ0) is 16.6. The van der Waals surface area contributed by atoms with E-state index in [0.717, 1.165) is 34.3 Å². The number of benzene rings is 1. The Morgan fingerprint density at radius 3 is 2.74 bits per heavy atom. The van der Waals surface area contributed by atoms with Crippen molar-refractivity contribution >= 4 is 28.5 Å². The fourth-order valence-corrected chi connectivity index (χ4v) is 2.97. The van der Waals surface area contributed by atoms with E-state index in [1.165, 1.54) is 20.1 Å². The molecule has 2 heterocycles. The van der Waals surface area contributed by atoms with Crippen LogP contribution in [0.25, 0.3) is 16.6 Å². The van der Waals surface area contributed by atoms with Gasteiger partial charge in [0, 0.05) is 36.5 Å². The molecular weight excluding hydrogens is 296 g/mol. The number of hydrogen-bond acceptors (Lipinski definition) is 4. The summed E-state index contributed by atoms with van der Waals surface area (Å²) in [6, 6.07) is 5.79. The normalized spacial score (nSPS) is 15.6. The molecule has 1 amide bonds. The first-order chi connectivity index (χ1) is 11.0. The average molecular weight is 314 g/mol. The Balaban J connectivity index is 2.20. The maximum atomic E-state index is 11.9. The van der Waals surface area contributed by atoms with Crippen molar-refractivity contribution in [3.63, 3.8) is 0 Å². The highest BCUT2D eigenvalue weighted by Crippen LogP contribution is 2.35. The lowest BCUT2D eigenvalue weighted by molar-refractivity contribution is -0.134. The zero-order valence-electron chi connectivity index (χ0n) is 13.3. The number of aromatic amines is 1. The zero-order valence-corrected chi connectivity index (χ0v) is 13.3. The van der Waals surface area contributed by atoms with Gasteiger partial charge in [0.15, 0.2) is 0 Å². The first-order valence-corrected chi connectivity index (χ1v) is 7.32. The maximum absolute atomic E-state index is 11.9. The molecule has 0 unspecified atom stereocenters. The summed E-state index contributed by atoms with van der Waals surface area (Å²) >= 11 is 0. The number of methoxy groups -OCH3 is 2. The molecule has 120 valence electrons. The van der Waals surface area contributed by atoms with Crippen molar-refractivity contribution in [2.24, 2.45) is 0 Å². The van der Waals surface area contributed by atoms with Gasteiger partial charge >= 0.3 is 5.97 Å². The number of carbonyl (C=O) groups is 2. The summed E-state index contributed by atoms with van der Waals surface area (Å²) in [6.07, 6.45) is 2.08. The highest BCUT2D eigenvalue weighted by atomic mass is 16.5. The second kappa shape index (κ2) is 5.79. The molecule has 6 heteroatoms. The molecule has 0 saturated heterocycles. The minimum atomic E-state index is -0.490. The van der Waals surface area contributed by atoms with E-state index < -0.39 is 5.97 Å². The standard InChI is InChI=1S/C17H18N2O4/c1-10(20)19-7-6-13-12-5-4-11(22-2)8-14(12)18-17(13)15(19)9-16(21)23-3/h4-5,8-9,18H,6-7H2,1-3H3/b15-9-. The molecular formula is C17H18N2O4. The molecule has 0 radical (unpaired) electrons. The molecule has 23 heavy (non-hydrogen) atoms. The van der Waals surface area contributed by atoms with Crippen molar-refractivity contribution in [3.8, 4) is 5.75 Å². The van der Waals surface area contributed by atoms with Gasteiger partial charge in [0.1, 0.15) is 5.75 Å². The highest BCUT2D eigenvalue weighted by molar-refractivity contribution is 5.99. The Morgan fingerprint density at radius 1 is 1.30 bits per heavy atom. The second-order valence-electron chi connectivity index (χ2n) is 5.36. The summed E-state index contributed by atoms with van der Waals surface area (Å²) in [4.78, 5) is 28.5. The SMILES string of the molecule is COC(=O)/C=C1/c2[nH]c3cc(OC)ccc3c2CCN1C(C)=O. The van der Waals surface area contributed by atoms with Crippen molar-refractivity contribution in [2.45, 2.75) is 13.3 Å². The van der Waals surface area contributed by atoms with Crippen molar-refractivity contribution in [1.29, 1.82) is 0 Å². The maximum Gasteiger partial charge on any atom is 0.332 e. The second-order valence-corrected chi connectivity index (χ2v) is 5.36. The van der Waals surface area contributed by atoms with Crippen LogP contribution in [0.15, 0.2) is 24.3 Å². The van der Waals surface area contributed by atoms with Crippen LogP contribution >= 0.6 is 0 Å². The number of esters is 1. The van der Waals surface area contributed by atoms with E-state index in [1.807, 2.05) is 18.2 Å². The van der Waals surface area contributed by atoms with Crippen LogP contribution in [0.4, 0.5) is 0 Å². The molecule has 1 aromatic carbocycles. The third-order valence-corrected chi connectivity index (χ3v) is 4.08. The fourth-order valence-electron chi connectivity index (χ4n) is 2.97. The summed E-state index contributed by atoms with van der Waals surface area (Å²) < 4.78 is 9.97. The lowest BCUT2D eigenvalue weighted by atomic mass is 10.0. The number of rotatable bonds is 2. The summed E-state index contributed by atoms with van der Waals surface area (Å²) in [5, 5.41) is 1.07. The third-order valence-electron chi connectivity index (χ3n) is 4.08. The van der Waals surface area contributed by atoms with Crippen LogP contribution in [0.2, 0.25) is 0 Å². The minimum absolute atomic E-state index is 0.109. The van der Waals surface area contributed by atoms with Gasteiger partial charge in [0.05, 0.1) is 25.6 Å². The third kappa shape index (κ3) is 2.56. The largest absolute Gasteiger partial charge is 0.497 e. The molecule has 0 atom stereocenters. The van der Waals surface area contributed by atoms with Crippen molar-refractivity contribution in [1.82, 2.24) is 9.88 Å². The molecule has 0 aliphatic carbocycles. The molecule has 1 N–H and O–H groups in total. The van der Waals surface area contributed by atoms with E-state index in [-0.39, 0.29) is 5.91 Å².